The monoisotopic (exact) mass is 700 g/mol. The molecule has 0 atom stereocenters. The molecule has 0 aliphatic carbocycles. The van der Waals surface area contributed by atoms with Crippen molar-refractivity contribution in [2.75, 3.05) is 62.2 Å². The second kappa shape index (κ2) is 12.7. The zero-order chi connectivity index (χ0) is 32.6. The highest BCUT2D eigenvalue weighted by Crippen LogP contribution is 2.35. The van der Waals surface area contributed by atoms with Crippen LogP contribution in [0.5, 0.6) is 0 Å². The Morgan fingerprint density at radius 3 is 2.17 bits per heavy atom. The molecule has 2 saturated heterocycles. The lowest BCUT2D eigenvalue weighted by molar-refractivity contribution is -0.141. The Balaban J connectivity index is 1.09. The minimum absolute atomic E-state index is 0.274. The number of H-pyrrole nitrogens is 1. The van der Waals surface area contributed by atoms with E-state index in [2.05, 4.69) is 57.7 Å². The van der Waals surface area contributed by atoms with Crippen molar-refractivity contribution >= 4 is 44.6 Å². The quantitative estimate of drug-likeness (QED) is 0.264. The van der Waals surface area contributed by atoms with Gasteiger partial charge in [-0.2, -0.15) is 13.2 Å². The number of benzene rings is 1. The molecule has 0 bridgehead atoms. The van der Waals surface area contributed by atoms with Crippen LogP contribution >= 0.6 is 15.9 Å². The molecule has 46 heavy (non-hydrogen) atoms. The van der Waals surface area contributed by atoms with E-state index in [4.69, 9.17) is 9.72 Å². The number of ether oxygens (including phenoxy) is 1. The minimum Gasteiger partial charge on any atom is -0.444 e. The Bertz CT molecular complexity index is 1670. The van der Waals surface area contributed by atoms with Crippen molar-refractivity contribution in [2.24, 2.45) is 0 Å². The van der Waals surface area contributed by atoms with Gasteiger partial charge < -0.3 is 24.4 Å². The molecule has 1 amide bonds. The van der Waals surface area contributed by atoms with Crippen LogP contribution in [0, 0.1) is 0 Å². The van der Waals surface area contributed by atoms with Crippen molar-refractivity contribution in [2.45, 2.75) is 39.1 Å². The van der Waals surface area contributed by atoms with E-state index in [-0.39, 0.29) is 6.09 Å². The topological polar surface area (TPSA) is 93.7 Å². The molecule has 4 aromatic rings. The molecule has 3 aromatic heterocycles. The lowest BCUT2D eigenvalue weighted by atomic mass is 10.1. The number of alkyl halides is 3. The zero-order valence-electron chi connectivity index (χ0n) is 25.9. The highest BCUT2D eigenvalue weighted by atomic mass is 79.9. The molecule has 10 nitrogen and oxygen atoms in total. The summed E-state index contributed by atoms with van der Waals surface area (Å²) in [5, 5.41) is 0. The number of anilines is 2. The van der Waals surface area contributed by atoms with Gasteiger partial charge in [-0.05, 0) is 72.6 Å². The fraction of sp³-hybridized carbons (Fsp3) is 0.438. The second-order valence-corrected chi connectivity index (χ2v) is 13.4. The highest BCUT2D eigenvalue weighted by Gasteiger charge is 2.32. The maximum atomic E-state index is 12.9. The van der Waals surface area contributed by atoms with Crippen molar-refractivity contribution < 1.29 is 22.7 Å². The number of hydrogen-bond acceptors (Lipinski definition) is 8. The van der Waals surface area contributed by atoms with Gasteiger partial charge in [0.2, 0.25) is 0 Å². The van der Waals surface area contributed by atoms with Crippen LogP contribution < -0.4 is 9.80 Å². The van der Waals surface area contributed by atoms with E-state index in [0.29, 0.717) is 25.3 Å². The molecule has 0 radical (unpaired) electrons. The first-order valence-electron chi connectivity index (χ1n) is 15.2. The minimum atomic E-state index is -4.44. The molecule has 2 aliphatic rings. The van der Waals surface area contributed by atoms with Crippen molar-refractivity contribution in [3.63, 3.8) is 0 Å². The Hall–Kier alpha value is -3.91. The molecule has 2 fully saturated rings. The maximum absolute atomic E-state index is 12.9. The van der Waals surface area contributed by atoms with Gasteiger partial charge in [-0.1, -0.05) is 6.07 Å². The fourth-order valence-electron chi connectivity index (χ4n) is 5.73. The number of pyridine rings is 2. The van der Waals surface area contributed by atoms with Gasteiger partial charge in [0.1, 0.15) is 22.6 Å². The van der Waals surface area contributed by atoms with Gasteiger partial charge in [0.05, 0.1) is 10.2 Å². The van der Waals surface area contributed by atoms with Crippen LogP contribution in [0.3, 0.4) is 0 Å². The standard InChI is InChI=1S/C32H36BrF3N8O2/c1-31(2,3)46-30(45)44-16-14-42(15-17-44)23-7-5-22(6-8-23)28-39-26-27(24(33)19-38-29(26)40-28)43-12-10-41(11-13-43)20-21-4-9-25(37-18-21)32(34,35)36/h4-9,18-19H,10-17,20H2,1-3H3,(H,38,39,40). The van der Waals surface area contributed by atoms with Gasteiger partial charge in [-0.3, -0.25) is 9.88 Å². The van der Waals surface area contributed by atoms with E-state index in [1.54, 1.807) is 11.1 Å². The lowest BCUT2D eigenvalue weighted by Gasteiger charge is -2.36. The predicted octanol–water partition coefficient (Wildman–Crippen LogP) is 6.18. The van der Waals surface area contributed by atoms with Crippen LogP contribution in [0.2, 0.25) is 0 Å². The number of amides is 1. The Morgan fingerprint density at radius 1 is 0.891 bits per heavy atom. The Kier molecular flexibility index (Phi) is 8.85. The van der Waals surface area contributed by atoms with Crippen molar-refractivity contribution in [3.05, 3.63) is 64.5 Å². The van der Waals surface area contributed by atoms with E-state index in [1.165, 1.54) is 12.3 Å². The molecular weight excluding hydrogens is 665 g/mol. The summed E-state index contributed by atoms with van der Waals surface area (Å²) in [6.07, 6.45) is -1.63. The summed E-state index contributed by atoms with van der Waals surface area (Å²) in [6, 6.07) is 10.8. The summed E-state index contributed by atoms with van der Waals surface area (Å²) < 4.78 is 45.0. The fourth-order valence-corrected chi connectivity index (χ4v) is 6.27. The normalized spacial score (nSPS) is 16.7. The third-order valence-electron chi connectivity index (χ3n) is 8.09. The summed E-state index contributed by atoms with van der Waals surface area (Å²) in [7, 11) is 0. The zero-order valence-corrected chi connectivity index (χ0v) is 27.5. The third-order valence-corrected chi connectivity index (χ3v) is 8.67. The largest absolute Gasteiger partial charge is 0.444 e. The van der Waals surface area contributed by atoms with Crippen molar-refractivity contribution in [1.29, 1.82) is 0 Å². The SMILES string of the molecule is CC(C)(C)OC(=O)N1CCN(c2ccc(-c3nc4c(N5CCN(Cc6ccc(C(F)(F)F)nc6)CC5)c(Br)cnc4[nH]3)cc2)CC1. The molecule has 0 spiro atoms. The average Bonchev–Trinajstić information content (AvgIpc) is 3.45. The van der Waals surface area contributed by atoms with E-state index in [1.807, 2.05) is 32.9 Å². The summed E-state index contributed by atoms with van der Waals surface area (Å²) in [6.45, 7) is 11.7. The number of nitrogens with one attached hydrogen (secondary N) is 1. The van der Waals surface area contributed by atoms with Crippen LogP contribution in [-0.2, 0) is 17.5 Å². The van der Waals surface area contributed by atoms with Gasteiger partial charge >= 0.3 is 12.3 Å². The smallest absolute Gasteiger partial charge is 0.433 e. The molecule has 14 heteroatoms. The van der Waals surface area contributed by atoms with Gasteiger partial charge in [0.15, 0.2) is 5.65 Å². The average molecular weight is 702 g/mol. The molecule has 5 heterocycles. The molecule has 0 saturated carbocycles. The summed E-state index contributed by atoms with van der Waals surface area (Å²) in [5.74, 6) is 0.719. The maximum Gasteiger partial charge on any atom is 0.433 e. The van der Waals surface area contributed by atoms with Crippen molar-refractivity contribution in [3.8, 4) is 11.4 Å². The number of aromatic amines is 1. The number of piperazine rings is 2. The molecule has 2 aliphatic heterocycles. The van der Waals surface area contributed by atoms with Gasteiger partial charge in [-0.15, -0.1) is 0 Å². The first kappa shape index (κ1) is 32.0. The van der Waals surface area contributed by atoms with E-state index in [0.717, 1.165) is 83.7 Å². The van der Waals surface area contributed by atoms with Gasteiger partial charge in [0.25, 0.3) is 0 Å². The van der Waals surface area contributed by atoms with E-state index < -0.39 is 17.5 Å². The van der Waals surface area contributed by atoms with Gasteiger partial charge in [0, 0.05) is 82.5 Å². The second-order valence-electron chi connectivity index (χ2n) is 12.6. The van der Waals surface area contributed by atoms with Crippen molar-refractivity contribution in [1.82, 2.24) is 29.7 Å². The number of imidazole rings is 1. The predicted molar refractivity (Wildman–Crippen MR) is 174 cm³/mol. The Morgan fingerprint density at radius 2 is 1.57 bits per heavy atom. The number of rotatable bonds is 5. The molecular formula is C32H36BrF3N8O2. The van der Waals surface area contributed by atoms with E-state index in [9.17, 15) is 18.0 Å². The highest BCUT2D eigenvalue weighted by molar-refractivity contribution is 9.10. The van der Waals surface area contributed by atoms with Crippen LogP contribution in [0.4, 0.5) is 29.3 Å². The molecule has 1 N–H and O–H groups in total. The van der Waals surface area contributed by atoms with E-state index >= 15 is 0 Å². The number of hydrogen-bond donors (Lipinski definition) is 1. The summed E-state index contributed by atoms with van der Waals surface area (Å²) in [5.41, 5.74) is 3.79. The first-order chi connectivity index (χ1) is 21.8. The number of aromatic nitrogens is 4. The summed E-state index contributed by atoms with van der Waals surface area (Å²) >= 11 is 3.68. The number of carbonyl (C=O) groups excluding carboxylic acids is 1. The number of nitrogens with zero attached hydrogens (tertiary/aromatic N) is 7. The molecule has 1 aromatic carbocycles. The Labute approximate surface area is 273 Å². The number of carbonyl (C=O) groups is 1. The van der Waals surface area contributed by atoms with Crippen LogP contribution in [0.15, 0.2) is 53.3 Å². The van der Waals surface area contributed by atoms with Crippen LogP contribution in [0.25, 0.3) is 22.6 Å². The number of fused-ring (bicyclic) bond motifs is 1. The molecule has 244 valence electrons. The van der Waals surface area contributed by atoms with Crippen LogP contribution in [-0.4, -0.2) is 93.8 Å². The van der Waals surface area contributed by atoms with Gasteiger partial charge in [-0.25, -0.2) is 14.8 Å². The lowest BCUT2D eigenvalue weighted by Crippen LogP contribution is -2.50. The molecule has 0 unspecified atom stereocenters. The molecule has 6 rings (SSSR count). The first-order valence-corrected chi connectivity index (χ1v) is 16.0. The van der Waals surface area contributed by atoms with Crippen LogP contribution in [0.1, 0.15) is 32.0 Å². The third kappa shape index (κ3) is 7.22. The summed E-state index contributed by atoms with van der Waals surface area (Å²) in [4.78, 5) is 37.4. The number of halogens is 4.